The molecule has 0 aliphatic carbocycles. The first-order valence-corrected chi connectivity index (χ1v) is 13.1. The molecule has 2 aromatic carbocycles. The zero-order valence-corrected chi connectivity index (χ0v) is 21.6. The summed E-state index contributed by atoms with van der Waals surface area (Å²) in [6.07, 6.45) is 4.26. The second kappa shape index (κ2) is 10.5. The van der Waals surface area contributed by atoms with Crippen LogP contribution in [-0.4, -0.2) is 45.7 Å². The maximum Gasteiger partial charge on any atom is 0.172 e. The van der Waals surface area contributed by atoms with Gasteiger partial charge in [-0.25, -0.2) is 4.98 Å². The molecule has 1 aliphatic heterocycles. The standard InChI is InChI=1S/C27H29BrClN5/c1-19(21-9-3-2-4-10-21)17-33-13-7-8-20(18-33)15-30-26-14-25(22-11-5-6-12-24(22)29)32-27-23(28)16-31-34(26)27/h2-6,9-12,14,16,19-20,30H,7-8,13,15,17-18H2,1H3. The van der Waals surface area contributed by atoms with E-state index in [1.54, 1.807) is 6.20 Å². The molecule has 1 saturated heterocycles. The highest BCUT2D eigenvalue weighted by Crippen LogP contribution is 2.30. The zero-order chi connectivity index (χ0) is 23.5. The van der Waals surface area contributed by atoms with Crippen molar-refractivity contribution < 1.29 is 0 Å². The average Bonchev–Trinajstić information content (AvgIpc) is 3.24. The first-order valence-electron chi connectivity index (χ1n) is 11.9. The Balaban J connectivity index is 1.30. The average molecular weight is 539 g/mol. The van der Waals surface area contributed by atoms with E-state index in [4.69, 9.17) is 16.6 Å². The number of aromatic nitrogens is 3. The molecule has 1 fully saturated rings. The summed E-state index contributed by atoms with van der Waals surface area (Å²) in [5.41, 5.74) is 3.95. The summed E-state index contributed by atoms with van der Waals surface area (Å²) in [7, 11) is 0. The van der Waals surface area contributed by atoms with Crippen molar-refractivity contribution in [3.8, 4) is 11.3 Å². The number of piperidine rings is 1. The number of hydrogen-bond donors (Lipinski definition) is 1. The first kappa shape index (κ1) is 23.3. The summed E-state index contributed by atoms with van der Waals surface area (Å²) >= 11 is 10.1. The van der Waals surface area contributed by atoms with Gasteiger partial charge in [-0.2, -0.15) is 9.61 Å². The van der Waals surface area contributed by atoms with Crippen molar-refractivity contribution in [1.82, 2.24) is 19.5 Å². The Hall–Kier alpha value is -2.41. The Labute approximate surface area is 214 Å². The van der Waals surface area contributed by atoms with E-state index in [9.17, 15) is 0 Å². The van der Waals surface area contributed by atoms with Gasteiger partial charge in [-0.05, 0) is 58.8 Å². The molecule has 0 bridgehead atoms. The molecular formula is C27H29BrClN5. The van der Waals surface area contributed by atoms with Crippen LogP contribution < -0.4 is 5.32 Å². The second-order valence-electron chi connectivity index (χ2n) is 9.19. The topological polar surface area (TPSA) is 45.5 Å². The van der Waals surface area contributed by atoms with Crippen molar-refractivity contribution in [2.45, 2.75) is 25.7 Å². The fourth-order valence-corrected chi connectivity index (χ4v) is 5.46. The van der Waals surface area contributed by atoms with Crippen molar-refractivity contribution in [2.75, 3.05) is 31.5 Å². The number of fused-ring (bicyclic) bond motifs is 1. The molecule has 5 rings (SSSR count). The minimum atomic E-state index is 0.535. The van der Waals surface area contributed by atoms with Crippen LogP contribution >= 0.6 is 27.5 Å². The van der Waals surface area contributed by atoms with E-state index >= 15 is 0 Å². The minimum absolute atomic E-state index is 0.535. The van der Waals surface area contributed by atoms with Gasteiger partial charge in [-0.3, -0.25) is 0 Å². The van der Waals surface area contributed by atoms with Crippen LogP contribution in [0.3, 0.4) is 0 Å². The maximum absolute atomic E-state index is 6.48. The summed E-state index contributed by atoms with van der Waals surface area (Å²) in [4.78, 5) is 7.44. The highest BCUT2D eigenvalue weighted by atomic mass is 79.9. The molecule has 0 radical (unpaired) electrons. The van der Waals surface area contributed by atoms with Crippen molar-refractivity contribution >= 4 is 39.0 Å². The van der Waals surface area contributed by atoms with Crippen LogP contribution in [0.5, 0.6) is 0 Å². The number of rotatable bonds is 7. The summed E-state index contributed by atoms with van der Waals surface area (Å²) in [6.45, 7) is 6.61. The number of likely N-dealkylation sites (tertiary alicyclic amines) is 1. The third-order valence-corrected chi connectivity index (χ3v) is 7.54. The number of anilines is 1. The van der Waals surface area contributed by atoms with Gasteiger partial charge in [0.2, 0.25) is 0 Å². The maximum atomic E-state index is 6.48. The van der Waals surface area contributed by atoms with Crippen molar-refractivity contribution in [1.29, 1.82) is 0 Å². The Morgan fingerprint density at radius 2 is 1.94 bits per heavy atom. The van der Waals surface area contributed by atoms with Gasteiger partial charge in [-0.15, -0.1) is 0 Å². The van der Waals surface area contributed by atoms with Gasteiger partial charge in [0.05, 0.1) is 16.4 Å². The van der Waals surface area contributed by atoms with E-state index in [0.29, 0.717) is 16.9 Å². The molecule has 1 N–H and O–H groups in total. The van der Waals surface area contributed by atoms with E-state index in [2.05, 4.69) is 68.5 Å². The number of nitrogens with zero attached hydrogens (tertiary/aromatic N) is 4. The van der Waals surface area contributed by atoms with Crippen LogP contribution in [0.1, 0.15) is 31.2 Å². The predicted octanol–water partition coefficient (Wildman–Crippen LogP) is 6.74. The van der Waals surface area contributed by atoms with E-state index in [0.717, 1.165) is 46.8 Å². The molecule has 2 atom stereocenters. The summed E-state index contributed by atoms with van der Waals surface area (Å²) < 4.78 is 2.73. The second-order valence-corrected chi connectivity index (χ2v) is 10.5. The molecule has 0 spiro atoms. The highest BCUT2D eigenvalue weighted by Gasteiger charge is 2.22. The predicted molar refractivity (Wildman–Crippen MR) is 144 cm³/mol. The van der Waals surface area contributed by atoms with Crippen molar-refractivity contribution in [3.63, 3.8) is 0 Å². The normalized spacial score (nSPS) is 17.7. The molecule has 5 nitrogen and oxygen atoms in total. The lowest BCUT2D eigenvalue weighted by molar-refractivity contribution is 0.173. The third-order valence-electron chi connectivity index (χ3n) is 6.65. The molecule has 34 heavy (non-hydrogen) atoms. The summed E-state index contributed by atoms with van der Waals surface area (Å²) in [5.74, 6) is 2.05. The van der Waals surface area contributed by atoms with Gasteiger partial charge in [-0.1, -0.05) is 67.1 Å². The Morgan fingerprint density at radius 1 is 1.15 bits per heavy atom. The van der Waals surface area contributed by atoms with E-state index < -0.39 is 0 Å². The molecule has 2 aromatic heterocycles. The molecule has 4 aromatic rings. The minimum Gasteiger partial charge on any atom is -0.370 e. The molecule has 0 saturated carbocycles. The summed E-state index contributed by atoms with van der Waals surface area (Å²) in [5, 5.41) is 8.90. The molecule has 2 unspecified atom stereocenters. The molecule has 1 aliphatic rings. The van der Waals surface area contributed by atoms with Gasteiger partial charge in [0.15, 0.2) is 5.65 Å². The largest absolute Gasteiger partial charge is 0.370 e. The molecule has 176 valence electrons. The third kappa shape index (κ3) is 5.14. The molecular weight excluding hydrogens is 510 g/mol. The van der Waals surface area contributed by atoms with Crippen LogP contribution in [0, 0.1) is 5.92 Å². The van der Waals surface area contributed by atoms with Crippen LogP contribution in [0.25, 0.3) is 16.9 Å². The number of halogens is 2. The fourth-order valence-electron chi connectivity index (χ4n) is 4.88. The van der Waals surface area contributed by atoms with Gasteiger partial charge < -0.3 is 10.2 Å². The van der Waals surface area contributed by atoms with Crippen LogP contribution in [0.2, 0.25) is 5.02 Å². The fraction of sp³-hybridized carbons (Fsp3) is 0.333. The highest BCUT2D eigenvalue weighted by molar-refractivity contribution is 9.10. The molecule has 3 heterocycles. The van der Waals surface area contributed by atoms with Gasteiger partial charge in [0.25, 0.3) is 0 Å². The SMILES string of the molecule is CC(CN1CCCC(CNc2cc(-c3ccccc3Cl)nc3c(Br)cnn23)C1)c1ccccc1. The van der Waals surface area contributed by atoms with Gasteiger partial charge >= 0.3 is 0 Å². The lowest BCUT2D eigenvalue weighted by atomic mass is 9.95. The van der Waals surface area contributed by atoms with E-state index in [1.807, 2.05) is 34.8 Å². The Bertz CT molecular complexity index is 1260. The quantitative estimate of drug-likeness (QED) is 0.283. The number of benzene rings is 2. The first-order chi connectivity index (χ1) is 16.6. The molecule has 0 amide bonds. The zero-order valence-electron chi connectivity index (χ0n) is 19.3. The Kier molecular flexibility index (Phi) is 7.18. The van der Waals surface area contributed by atoms with E-state index in [-0.39, 0.29) is 0 Å². The monoisotopic (exact) mass is 537 g/mol. The van der Waals surface area contributed by atoms with Crippen molar-refractivity contribution in [2.24, 2.45) is 5.92 Å². The Morgan fingerprint density at radius 3 is 2.76 bits per heavy atom. The van der Waals surface area contributed by atoms with Crippen LogP contribution in [-0.2, 0) is 0 Å². The van der Waals surface area contributed by atoms with Gasteiger partial charge in [0, 0.05) is 36.3 Å². The number of hydrogen-bond acceptors (Lipinski definition) is 4. The van der Waals surface area contributed by atoms with Crippen LogP contribution in [0.15, 0.2) is 71.3 Å². The van der Waals surface area contributed by atoms with Gasteiger partial charge in [0.1, 0.15) is 5.82 Å². The lowest BCUT2D eigenvalue weighted by Crippen LogP contribution is -2.40. The lowest BCUT2D eigenvalue weighted by Gasteiger charge is -2.34. The van der Waals surface area contributed by atoms with E-state index in [1.165, 1.54) is 24.9 Å². The van der Waals surface area contributed by atoms with Crippen molar-refractivity contribution in [3.05, 3.63) is 81.9 Å². The smallest absolute Gasteiger partial charge is 0.172 e. The van der Waals surface area contributed by atoms with Crippen LogP contribution in [0.4, 0.5) is 5.82 Å². The summed E-state index contributed by atoms with van der Waals surface area (Å²) in [6, 6.07) is 20.7. The number of nitrogens with one attached hydrogen (secondary N) is 1. The molecule has 7 heteroatoms.